The van der Waals surface area contributed by atoms with Crippen LogP contribution >= 0.6 is 11.6 Å². The summed E-state index contributed by atoms with van der Waals surface area (Å²) in [5.41, 5.74) is 1.05. The number of rotatable bonds is 3. The first kappa shape index (κ1) is 13.6. The van der Waals surface area contributed by atoms with Crippen molar-refractivity contribution in [1.29, 1.82) is 0 Å². The molecule has 3 nitrogen and oxygen atoms in total. The Morgan fingerprint density at radius 2 is 2.05 bits per heavy atom. The van der Waals surface area contributed by atoms with Gasteiger partial charge in [0.1, 0.15) is 11.6 Å². The zero-order valence-electron chi connectivity index (χ0n) is 11.1. The SMILES string of the molecule is COc1ccc(C(=O)c2c[nH]c3c(Cl)cccc23)c(F)c1. The lowest BCUT2D eigenvalue weighted by Crippen LogP contribution is -2.04. The summed E-state index contributed by atoms with van der Waals surface area (Å²) in [7, 11) is 1.44. The number of H-pyrrole nitrogens is 1. The van der Waals surface area contributed by atoms with E-state index < -0.39 is 11.6 Å². The number of hydrogen-bond donors (Lipinski definition) is 1. The van der Waals surface area contributed by atoms with Gasteiger partial charge in [0.05, 0.1) is 23.2 Å². The van der Waals surface area contributed by atoms with Gasteiger partial charge in [-0.05, 0) is 18.2 Å². The Kier molecular flexibility index (Phi) is 3.39. The van der Waals surface area contributed by atoms with E-state index in [-0.39, 0.29) is 5.56 Å². The Labute approximate surface area is 125 Å². The fourth-order valence-electron chi connectivity index (χ4n) is 2.26. The molecule has 3 rings (SSSR count). The number of benzene rings is 2. The van der Waals surface area contributed by atoms with Crippen LogP contribution in [0.3, 0.4) is 0 Å². The molecular weight excluding hydrogens is 293 g/mol. The molecule has 0 aliphatic carbocycles. The van der Waals surface area contributed by atoms with E-state index in [1.165, 1.54) is 19.2 Å². The van der Waals surface area contributed by atoms with Crippen LogP contribution in [0.4, 0.5) is 4.39 Å². The number of hydrogen-bond acceptors (Lipinski definition) is 2. The highest BCUT2D eigenvalue weighted by atomic mass is 35.5. The van der Waals surface area contributed by atoms with Crippen molar-refractivity contribution in [2.45, 2.75) is 0 Å². The van der Waals surface area contributed by atoms with E-state index >= 15 is 0 Å². The minimum absolute atomic E-state index is 0.00308. The standard InChI is InChI=1S/C16H11ClFNO2/c1-21-9-5-6-11(14(18)7-9)16(20)12-8-19-15-10(12)3-2-4-13(15)17/h2-8,19H,1H3. The number of nitrogens with one attached hydrogen (secondary N) is 1. The normalized spacial score (nSPS) is 10.8. The minimum Gasteiger partial charge on any atom is -0.497 e. The zero-order valence-corrected chi connectivity index (χ0v) is 11.9. The highest BCUT2D eigenvalue weighted by Crippen LogP contribution is 2.28. The summed E-state index contributed by atoms with van der Waals surface area (Å²) in [6.45, 7) is 0. The third-order valence-electron chi connectivity index (χ3n) is 3.33. The summed E-state index contributed by atoms with van der Waals surface area (Å²) in [5.74, 6) is -0.648. The third kappa shape index (κ3) is 2.28. The highest BCUT2D eigenvalue weighted by molar-refractivity contribution is 6.35. The van der Waals surface area contributed by atoms with Crippen molar-refractivity contribution in [3.05, 3.63) is 64.6 Å². The van der Waals surface area contributed by atoms with Crippen molar-refractivity contribution in [3.63, 3.8) is 0 Å². The molecule has 5 heteroatoms. The predicted molar refractivity (Wildman–Crippen MR) is 79.7 cm³/mol. The summed E-state index contributed by atoms with van der Waals surface area (Å²) >= 11 is 6.06. The van der Waals surface area contributed by atoms with Crippen molar-refractivity contribution in [3.8, 4) is 5.75 Å². The first-order chi connectivity index (χ1) is 10.1. The Bertz CT molecular complexity index is 841. The number of ketones is 1. The average molecular weight is 304 g/mol. The van der Waals surface area contributed by atoms with Crippen molar-refractivity contribution >= 4 is 28.3 Å². The van der Waals surface area contributed by atoms with Gasteiger partial charge < -0.3 is 9.72 Å². The van der Waals surface area contributed by atoms with E-state index in [9.17, 15) is 9.18 Å². The van der Waals surface area contributed by atoms with Crippen LogP contribution in [-0.2, 0) is 0 Å². The quantitative estimate of drug-likeness (QED) is 0.737. The topological polar surface area (TPSA) is 42.1 Å². The van der Waals surface area contributed by atoms with Gasteiger partial charge in [0, 0.05) is 23.2 Å². The van der Waals surface area contributed by atoms with Gasteiger partial charge >= 0.3 is 0 Å². The molecule has 106 valence electrons. The van der Waals surface area contributed by atoms with Crippen LogP contribution < -0.4 is 4.74 Å². The van der Waals surface area contributed by atoms with Gasteiger partial charge in [-0.25, -0.2) is 4.39 Å². The van der Waals surface area contributed by atoms with Gasteiger partial charge in [-0.15, -0.1) is 0 Å². The molecule has 3 aromatic rings. The Morgan fingerprint density at radius 3 is 2.76 bits per heavy atom. The monoisotopic (exact) mass is 303 g/mol. The fourth-order valence-corrected chi connectivity index (χ4v) is 2.49. The van der Waals surface area contributed by atoms with Crippen LogP contribution in [-0.4, -0.2) is 17.9 Å². The second-order valence-electron chi connectivity index (χ2n) is 4.54. The van der Waals surface area contributed by atoms with E-state index in [1.807, 2.05) is 0 Å². The molecule has 0 spiro atoms. The first-order valence-corrected chi connectivity index (χ1v) is 6.63. The van der Waals surface area contributed by atoms with Gasteiger partial charge in [-0.2, -0.15) is 0 Å². The molecule has 0 saturated heterocycles. The number of aromatic amines is 1. The van der Waals surface area contributed by atoms with E-state index in [0.29, 0.717) is 27.2 Å². The van der Waals surface area contributed by atoms with Crippen LogP contribution in [0.15, 0.2) is 42.6 Å². The maximum Gasteiger partial charge on any atom is 0.198 e. The van der Waals surface area contributed by atoms with E-state index in [4.69, 9.17) is 16.3 Å². The van der Waals surface area contributed by atoms with Gasteiger partial charge in [0.15, 0.2) is 5.78 Å². The fraction of sp³-hybridized carbons (Fsp3) is 0.0625. The number of ether oxygens (including phenoxy) is 1. The largest absolute Gasteiger partial charge is 0.497 e. The molecule has 2 aromatic carbocycles. The molecule has 0 amide bonds. The first-order valence-electron chi connectivity index (χ1n) is 6.25. The second-order valence-corrected chi connectivity index (χ2v) is 4.95. The number of carbonyl (C=O) groups excluding carboxylic acids is 1. The molecule has 0 unspecified atom stereocenters. The van der Waals surface area contributed by atoms with Gasteiger partial charge in [0.25, 0.3) is 0 Å². The lowest BCUT2D eigenvalue weighted by atomic mass is 10.0. The number of aromatic nitrogens is 1. The number of fused-ring (bicyclic) bond motifs is 1. The van der Waals surface area contributed by atoms with E-state index in [2.05, 4.69) is 4.98 Å². The molecule has 0 aliphatic heterocycles. The lowest BCUT2D eigenvalue weighted by molar-refractivity contribution is 0.103. The van der Waals surface area contributed by atoms with Crippen molar-refractivity contribution in [2.75, 3.05) is 7.11 Å². The lowest BCUT2D eigenvalue weighted by Gasteiger charge is -2.04. The number of para-hydroxylation sites is 1. The van der Waals surface area contributed by atoms with E-state index in [0.717, 1.165) is 0 Å². The van der Waals surface area contributed by atoms with Crippen LogP contribution in [0.25, 0.3) is 10.9 Å². The molecule has 0 aliphatic rings. The summed E-state index contributed by atoms with van der Waals surface area (Å²) in [4.78, 5) is 15.5. The summed E-state index contributed by atoms with van der Waals surface area (Å²) in [6.07, 6.45) is 1.54. The average Bonchev–Trinajstić information content (AvgIpc) is 2.92. The van der Waals surface area contributed by atoms with Gasteiger partial charge in [-0.1, -0.05) is 23.7 Å². The zero-order chi connectivity index (χ0) is 15.0. The van der Waals surface area contributed by atoms with Crippen molar-refractivity contribution in [2.24, 2.45) is 0 Å². The molecule has 0 atom stereocenters. The molecule has 1 heterocycles. The predicted octanol–water partition coefficient (Wildman–Crippen LogP) is 4.20. The van der Waals surface area contributed by atoms with Crippen LogP contribution in [0.5, 0.6) is 5.75 Å². The van der Waals surface area contributed by atoms with Gasteiger partial charge in [0.2, 0.25) is 0 Å². The van der Waals surface area contributed by atoms with Crippen molar-refractivity contribution in [1.82, 2.24) is 4.98 Å². The van der Waals surface area contributed by atoms with Crippen LogP contribution in [0.2, 0.25) is 5.02 Å². The summed E-state index contributed by atoms with van der Waals surface area (Å²) < 4.78 is 19.0. The molecule has 0 fully saturated rings. The summed E-state index contributed by atoms with van der Waals surface area (Å²) in [6, 6.07) is 9.40. The molecule has 1 N–H and O–H groups in total. The Hall–Kier alpha value is -2.33. The maximum atomic E-state index is 14.0. The molecule has 0 saturated carbocycles. The van der Waals surface area contributed by atoms with E-state index in [1.54, 1.807) is 30.5 Å². The minimum atomic E-state index is -0.615. The van der Waals surface area contributed by atoms with Crippen LogP contribution in [0.1, 0.15) is 15.9 Å². The number of methoxy groups -OCH3 is 1. The number of halogens is 2. The summed E-state index contributed by atoms with van der Waals surface area (Å²) in [5, 5.41) is 1.18. The molecule has 21 heavy (non-hydrogen) atoms. The second kappa shape index (κ2) is 5.22. The Morgan fingerprint density at radius 1 is 1.24 bits per heavy atom. The molecule has 0 radical (unpaired) electrons. The maximum absolute atomic E-state index is 14.0. The third-order valence-corrected chi connectivity index (χ3v) is 3.65. The molecular formula is C16H11ClFNO2. The van der Waals surface area contributed by atoms with Gasteiger partial charge in [-0.3, -0.25) is 4.79 Å². The highest BCUT2D eigenvalue weighted by Gasteiger charge is 2.18. The number of carbonyl (C=O) groups is 1. The molecule has 1 aromatic heterocycles. The smallest absolute Gasteiger partial charge is 0.198 e. The Balaban J connectivity index is 2.11. The molecule has 0 bridgehead atoms. The van der Waals surface area contributed by atoms with Crippen LogP contribution in [0, 0.1) is 5.82 Å². The van der Waals surface area contributed by atoms with Crippen molar-refractivity contribution < 1.29 is 13.9 Å².